The fourth-order valence-electron chi connectivity index (χ4n) is 8.53. The summed E-state index contributed by atoms with van der Waals surface area (Å²) in [6.45, 7) is 3.68. The minimum atomic E-state index is -3.90. The highest BCUT2D eigenvalue weighted by Gasteiger charge is 2.67. The molecule has 1 unspecified atom stereocenters. The second kappa shape index (κ2) is 14.7. The third kappa shape index (κ3) is 7.40. The number of nitrogens with one attached hydrogen (secondary N) is 1. The maximum atomic E-state index is 16.2. The SMILES string of the molecule is Cn1nc(NS(C)(=O)=O)c2c(Cl)ccc(-c3ccc(C#CC(C)(C)N4CCOC4=O)nc3[C@@H](Cc3cc(F)cc(F)c3)C(C(N)=O)n3nc(C(F)F)c4c3C(F)(F)[C@@H]3C[C@H]43)c21. The number of hydrogen-bond donors (Lipinski definition) is 2. The van der Waals surface area contributed by atoms with E-state index in [1.165, 1.54) is 40.9 Å². The van der Waals surface area contributed by atoms with Crippen LogP contribution < -0.4 is 10.5 Å². The smallest absolute Gasteiger partial charge is 0.411 e. The van der Waals surface area contributed by atoms with Gasteiger partial charge in [-0.15, -0.1) is 0 Å². The highest BCUT2D eigenvalue weighted by Crippen LogP contribution is 2.68. The molecule has 5 aromatic rings. The molecule has 2 amide bonds. The normalized spacial score (nSPS) is 19.0. The van der Waals surface area contributed by atoms with Crippen LogP contribution in [0.15, 0.2) is 42.5 Å². The number of pyridine rings is 1. The van der Waals surface area contributed by atoms with Crippen LogP contribution in [0.3, 0.4) is 0 Å². The number of anilines is 1. The van der Waals surface area contributed by atoms with Crippen LogP contribution >= 0.6 is 11.6 Å². The maximum absolute atomic E-state index is 16.2. The molecule has 13 nitrogen and oxygen atoms in total. The predicted octanol–water partition coefficient (Wildman–Crippen LogP) is 6.92. The number of amides is 2. The van der Waals surface area contributed by atoms with Gasteiger partial charge in [-0.3, -0.25) is 19.1 Å². The molecular weight excluding hydrogens is 854 g/mol. The van der Waals surface area contributed by atoms with Crippen LogP contribution in [0.2, 0.25) is 5.02 Å². The average molecular weight is 889 g/mol. The van der Waals surface area contributed by atoms with Gasteiger partial charge in [-0.05, 0) is 74.4 Å². The van der Waals surface area contributed by atoms with Crippen molar-refractivity contribution >= 4 is 50.3 Å². The van der Waals surface area contributed by atoms with E-state index in [9.17, 15) is 35.6 Å². The Hall–Kier alpha value is -5.81. The molecule has 320 valence electrons. The van der Waals surface area contributed by atoms with Gasteiger partial charge < -0.3 is 10.5 Å². The number of alkyl halides is 4. The van der Waals surface area contributed by atoms with Gasteiger partial charge in [-0.1, -0.05) is 23.6 Å². The van der Waals surface area contributed by atoms with Crippen molar-refractivity contribution in [3.63, 3.8) is 0 Å². The van der Waals surface area contributed by atoms with Crippen molar-refractivity contribution in [3.05, 3.63) is 93.0 Å². The van der Waals surface area contributed by atoms with Crippen molar-refractivity contribution in [2.24, 2.45) is 18.7 Å². The number of halogens is 7. The molecule has 0 radical (unpaired) electrons. The summed E-state index contributed by atoms with van der Waals surface area (Å²) in [5, 5.41) is 8.46. The number of nitrogens with two attached hydrogens (primary N) is 1. The number of nitrogens with zero attached hydrogens (tertiary/aromatic N) is 6. The Morgan fingerprint density at radius 2 is 1.79 bits per heavy atom. The van der Waals surface area contributed by atoms with E-state index in [1.807, 2.05) is 0 Å². The second-order valence-corrected chi connectivity index (χ2v) is 17.9. The van der Waals surface area contributed by atoms with Crippen LogP contribution in [0, 0.1) is 29.4 Å². The molecule has 1 saturated carbocycles. The summed E-state index contributed by atoms with van der Waals surface area (Å²) in [7, 11) is -2.41. The molecule has 21 heteroatoms. The second-order valence-electron chi connectivity index (χ2n) is 15.8. The van der Waals surface area contributed by atoms with Crippen molar-refractivity contribution in [2.45, 2.75) is 62.5 Å². The number of sulfonamides is 1. The minimum absolute atomic E-state index is 0.00165. The number of hydrogen-bond acceptors (Lipinski definition) is 8. The summed E-state index contributed by atoms with van der Waals surface area (Å²) in [6.07, 6.45) is -3.65. The molecule has 4 heterocycles. The number of carbonyl (C=O) groups excluding carboxylic acids is 2. The van der Waals surface area contributed by atoms with Crippen LogP contribution in [0.25, 0.3) is 22.0 Å². The Morgan fingerprint density at radius 1 is 1.10 bits per heavy atom. The van der Waals surface area contributed by atoms with Crippen molar-refractivity contribution < 1.29 is 49.1 Å². The van der Waals surface area contributed by atoms with Gasteiger partial charge in [0.05, 0.1) is 34.4 Å². The van der Waals surface area contributed by atoms with E-state index < -0.39 is 93.1 Å². The number of rotatable bonds is 11. The lowest BCUT2D eigenvalue weighted by atomic mass is 9.84. The number of ether oxygens (including phenoxy) is 1. The van der Waals surface area contributed by atoms with Gasteiger partial charge in [-0.25, -0.2) is 40.4 Å². The third-order valence-electron chi connectivity index (χ3n) is 11.2. The van der Waals surface area contributed by atoms with Crippen LogP contribution in [-0.4, -0.2) is 74.8 Å². The fourth-order valence-corrected chi connectivity index (χ4v) is 9.26. The maximum Gasteiger partial charge on any atom is 0.411 e. The van der Waals surface area contributed by atoms with E-state index in [1.54, 1.807) is 13.8 Å². The number of aryl methyl sites for hydroxylation is 1. The Bertz CT molecular complexity index is 2840. The van der Waals surface area contributed by atoms with E-state index in [2.05, 4.69) is 26.8 Å². The molecule has 1 aliphatic heterocycles. The van der Waals surface area contributed by atoms with E-state index in [4.69, 9.17) is 27.1 Å². The van der Waals surface area contributed by atoms with Gasteiger partial charge in [0.1, 0.15) is 46.9 Å². The standard InChI is InChI=1S/C40H35ClF6N8O5S/c1-39(2,54-11-12-60-38(54)57)10-9-21-5-6-22(23-7-8-27(41)29-32(23)53(3)51-37(29)52-61(4,58)59)30(49-21)25(15-18-13-19(42)16-20(43)14-18)33(36(48)56)55-34-28(31(50-55)35(44)45)24-17-26(24)40(34,46)47/h5-8,13-14,16,24-26,33,35H,11-12,15,17H2,1-4H3,(H2,48,56)(H,51,52)/t24-,25+,26+,33?/m0/s1. The lowest BCUT2D eigenvalue weighted by Crippen LogP contribution is -2.43. The summed E-state index contributed by atoms with van der Waals surface area (Å²) in [4.78, 5) is 32.6. The molecule has 1 saturated heterocycles. The van der Waals surface area contributed by atoms with Gasteiger partial charge in [-0.2, -0.15) is 19.0 Å². The molecule has 61 heavy (non-hydrogen) atoms. The Morgan fingerprint density at radius 3 is 2.41 bits per heavy atom. The number of carbonyl (C=O) groups is 2. The molecule has 3 N–H and O–H groups in total. The Labute approximate surface area is 349 Å². The minimum Gasteiger partial charge on any atom is -0.447 e. The first kappa shape index (κ1) is 41.9. The summed E-state index contributed by atoms with van der Waals surface area (Å²) < 4.78 is 125. The van der Waals surface area contributed by atoms with Crippen molar-refractivity contribution in [1.29, 1.82) is 0 Å². The van der Waals surface area contributed by atoms with Gasteiger partial charge in [0, 0.05) is 41.6 Å². The molecule has 2 aromatic carbocycles. The summed E-state index contributed by atoms with van der Waals surface area (Å²) in [6, 6.07) is 6.36. The monoisotopic (exact) mass is 888 g/mol. The lowest BCUT2D eigenvalue weighted by Gasteiger charge is -2.30. The molecule has 2 fully saturated rings. The van der Waals surface area contributed by atoms with Gasteiger partial charge >= 0.3 is 6.09 Å². The number of fused-ring (bicyclic) bond motifs is 4. The first-order chi connectivity index (χ1) is 28.6. The number of cyclic esters (lactones) is 1. The molecule has 2 aliphatic carbocycles. The molecule has 4 atom stereocenters. The van der Waals surface area contributed by atoms with Crippen LogP contribution in [0.5, 0.6) is 0 Å². The zero-order chi connectivity index (χ0) is 44.1. The van der Waals surface area contributed by atoms with Gasteiger partial charge in [0.15, 0.2) is 5.82 Å². The van der Waals surface area contributed by atoms with E-state index >= 15 is 8.78 Å². The predicted molar refractivity (Wildman–Crippen MR) is 209 cm³/mol. The van der Waals surface area contributed by atoms with Gasteiger partial charge in [0.2, 0.25) is 15.9 Å². The highest BCUT2D eigenvalue weighted by molar-refractivity contribution is 7.92. The topological polar surface area (TPSA) is 167 Å². The number of benzene rings is 2. The molecule has 0 bridgehead atoms. The Kier molecular flexibility index (Phi) is 10.1. The lowest BCUT2D eigenvalue weighted by molar-refractivity contribution is -0.122. The van der Waals surface area contributed by atoms with Gasteiger partial charge in [0.25, 0.3) is 12.3 Å². The first-order valence-electron chi connectivity index (χ1n) is 18.7. The quantitative estimate of drug-likeness (QED) is 0.107. The van der Waals surface area contributed by atoms with Crippen LogP contribution in [-0.2, 0) is 38.9 Å². The summed E-state index contributed by atoms with van der Waals surface area (Å²) >= 11 is 6.64. The van der Waals surface area contributed by atoms with Crippen LogP contribution in [0.1, 0.15) is 78.5 Å². The molecule has 3 aliphatic rings. The van der Waals surface area contributed by atoms with E-state index in [0.29, 0.717) is 10.7 Å². The average Bonchev–Trinajstić information content (AvgIpc) is 3.37. The highest BCUT2D eigenvalue weighted by atomic mass is 35.5. The van der Waals surface area contributed by atoms with E-state index in [-0.39, 0.29) is 75.0 Å². The van der Waals surface area contributed by atoms with Crippen molar-refractivity contribution in [1.82, 2.24) is 29.4 Å². The molecule has 0 spiro atoms. The fraction of sp³-hybridized carbons (Fsp3) is 0.375. The zero-order valence-corrected chi connectivity index (χ0v) is 34.2. The Balaban J connectivity index is 1.42. The number of aromatic nitrogens is 5. The molecular formula is C40H35ClF6N8O5S. The first-order valence-corrected chi connectivity index (χ1v) is 21.0. The summed E-state index contributed by atoms with van der Waals surface area (Å²) in [5.74, 6) is -5.19. The molecule has 3 aromatic heterocycles. The van der Waals surface area contributed by atoms with E-state index in [0.717, 1.165) is 18.4 Å². The molecule has 8 rings (SSSR count). The number of primary amides is 1. The third-order valence-corrected chi connectivity index (χ3v) is 12.0. The van der Waals surface area contributed by atoms with Crippen molar-refractivity contribution in [3.8, 4) is 23.0 Å². The summed E-state index contributed by atoms with van der Waals surface area (Å²) in [5.41, 5.74) is 3.05. The van der Waals surface area contributed by atoms with Crippen molar-refractivity contribution in [2.75, 3.05) is 24.1 Å². The zero-order valence-electron chi connectivity index (χ0n) is 32.6. The largest absolute Gasteiger partial charge is 0.447 e. The van der Waals surface area contributed by atoms with Crippen LogP contribution in [0.4, 0.5) is 37.0 Å².